The van der Waals surface area contributed by atoms with Gasteiger partial charge in [0.1, 0.15) is 0 Å². The van der Waals surface area contributed by atoms with Gasteiger partial charge in [0.2, 0.25) is 0 Å². The van der Waals surface area contributed by atoms with Crippen molar-refractivity contribution < 1.29 is 0 Å². The second kappa shape index (κ2) is 7.15. The summed E-state index contributed by atoms with van der Waals surface area (Å²) in [5.74, 6) is 2.74. The standard InChI is InChI=1S/C19H28ClN/c1-2-21-19(17-9-5-6-10-18(17)20)16-12-11-14-7-3-4-8-15(14)13-16/h5-6,9-10,14-16,19,21H,2-4,7-8,11-13H2,1H3. The van der Waals surface area contributed by atoms with Crippen molar-refractivity contribution in [2.24, 2.45) is 17.8 Å². The van der Waals surface area contributed by atoms with E-state index in [4.69, 9.17) is 11.6 Å². The summed E-state index contributed by atoms with van der Waals surface area (Å²) in [6.45, 7) is 3.22. The summed E-state index contributed by atoms with van der Waals surface area (Å²) in [7, 11) is 0. The van der Waals surface area contributed by atoms with Crippen LogP contribution in [0.1, 0.15) is 63.5 Å². The molecule has 1 aromatic carbocycles. The minimum absolute atomic E-state index is 0.437. The van der Waals surface area contributed by atoms with Crippen molar-refractivity contribution in [1.29, 1.82) is 0 Å². The van der Waals surface area contributed by atoms with Crippen LogP contribution in [-0.4, -0.2) is 6.54 Å². The molecule has 0 saturated heterocycles. The Hall–Kier alpha value is -0.530. The zero-order valence-corrected chi connectivity index (χ0v) is 13.9. The fourth-order valence-electron chi connectivity index (χ4n) is 4.69. The Morgan fingerprint density at radius 1 is 1.10 bits per heavy atom. The fraction of sp³-hybridized carbons (Fsp3) is 0.684. The van der Waals surface area contributed by atoms with Gasteiger partial charge in [-0.2, -0.15) is 0 Å². The van der Waals surface area contributed by atoms with Gasteiger partial charge >= 0.3 is 0 Å². The second-order valence-corrected chi connectivity index (χ2v) is 7.34. The fourth-order valence-corrected chi connectivity index (χ4v) is 4.94. The van der Waals surface area contributed by atoms with Crippen molar-refractivity contribution in [3.8, 4) is 0 Å². The van der Waals surface area contributed by atoms with Gasteiger partial charge in [-0.05, 0) is 55.2 Å². The topological polar surface area (TPSA) is 12.0 Å². The van der Waals surface area contributed by atoms with Gasteiger partial charge in [-0.15, -0.1) is 0 Å². The zero-order valence-electron chi connectivity index (χ0n) is 13.2. The molecule has 116 valence electrons. The largest absolute Gasteiger partial charge is 0.310 e. The Balaban J connectivity index is 1.76. The van der Waals surface area contributed by atoms with Crippen LogP contribution in [0.2, 0.25) is 5.02 Å². The number of benzene rings is 1. The van der Waals surface area contributed by atoms with Crippen LogP contribution in [0.3, 0.4) is 0 Å². The van der Waals surface area contributed by atoms with E-state index in [9.17, 15) is 0 Å². The van der Waals surface area contributed by atoms with Gasteiger partial charge in [0.15, 0.2) is 0 Å². The summed E-state index contributed by atoms with van der Waals surface area (Å²) in [5.41, 5.74) is 1.31. The molecule has 1 aromatic rings. The van der Waals surface area contributed by atoms with Crippen LogP contribution in [0.25, 0.3) is 0 Å². The van der Waals surface area contributed by atoms with Crippen molar-refractivity contribution in [1.82, 2.24) is 5.32 Å². The molecule has 2 heteroatoms. The molecule has 0 amide bonds. The Labute approximate surface area is 134 Å². The third-order valence-electron chi connectivity index (χ3n) is 5.72. The average molecular weight is 306 g/mol. The van der Waals surface area contributed by atoms with E-state index in [-0.39, 0.29) is 0 Å². The van der Waals surface area contributed by atoms with E-state index in [1.54, 1.807) is 0 Å². The monoisotopic (exact) mass is 305 g/mol. The number of hydrogen-bond donors (Lipinski definition) is 1. The summed E-state index contributed by atoms with van der Waals surface area (Å²) < 4.78 is 0. The Kier molecular flexibility index (Phi) is 5.24. The second-order valence-electron chi connectivity index (χ2n) is 6.93. The normalized spacial score (nSPS) is 30.7. The van der Waals surface area contributed by atoms with E-state index in [0.29, 0.717) is 6.04 Å². The molecule has 0 radical (unpaired) electrons. The maximum Gasteiger partial charge on any atom is 0.0453 e. The number of fused-ring (bicyclic) bond motifs is 1. The van der Waals surface area contributed by atoms with Crippen LogP contribution in [-0.2, 0) is 0 Å². The Bertz CT molecular complexity index is 459. The average Bonchev–Trinajstić information content (AvgIpc) is 2.53. The zero-order chi connectivity index (χ0) is 14.7. The summed E-state index contributed by atoms with van der Waals surface area (Å²) in [4.78, 5) is 0. The maximum absolute atomic E-state index is 6.47. The van der Waals surface area contributed by atoms with E-state index in [1.165, 1.54) is 50.5 Å². The van der Waals surface area contributed by atoms with E-state index >= 15 is 0 Å². The van der Waals surface area contributed by atoms with Crippen LogP contribution in [0.4, 0.5) is 0 Å². The van der Waals surface area contributed by atoms with E-state index in [1.807, 2.05) is 12.1 Å². The predicted molar refractivity (Wildman–Crippen MR) is 90.7 cm³/mol. The van der Waals surface area contributed by atoms with Crippen LogP contribution in [0.15, 0.2) is 24.3 Å². The molecule has 2 saturated carbocycles. The molecule has 21 heavy (non-hydrogen) atoms. The molecular formula is C19H28ClN. The first-order valence-electron chi connectivity index (χ1n) is 8.77. The van der Waals surface area contributed by atoms with Gasteiger partial charge in [-0.25, -0.2) is 0 Å². The number of hydrogen-bond acceptors (Lipinski definition) is 1. The molecule has 0 bridgehead atoms. The highest BCUT2D eigenvalue weighted by molar-refractivity contribution is 6.31. The first-order valence-corrected chi connectivity index (χ1v) is 9.15. The van der Waals surface area contributed by atoms with Gasteiger partial charge in [0.05, 0.1) is 0 Å². The molecule has 3 rings (SSSR count). The number of halogens is 1. The lowest BCUT2D eigenvalue weighted by molar-refractivity contribution is 0.110. The molecule has 0 aromatic heterocycles. The van der Waals surface area contributed by atoms with Crippen LogP contribution in [0.5, 0.6) is 0 Å². The Morgan fingerprint density at radius 2 is 1.86 bits per heavy atom. The third-order valence-corrected chi connectivity index (χ3v) is 6.06. The van der Waals surface area contributed by atoms with Crippen LogP contribution in [0, 0.1) is 17.8 Å². The summed E-state index contributed by atoms with van der Waals surface area (Å²) in [6.07, 6.45) is 10.1. The molecule has 0 aliphatic heterocycles. The van der Waals surface area contributed by atoms with Crippen LogP contribution < -0.4 is 5.32 Å². The smallest absolute Gasteiger partial charge is 0.0453 e. The van der Waals surface area contributed by atoms with Gasteiger partial charge in [0, 0.05) is 11.1 Å². The first kappa shape index (κ1) is 15.4. The predicted octanol–water partition coefficient (Wildman–Crippen LogP) is 5.60. The minimum atomic E-state index is 0.437. The molecule has 2 fully saturated rings. The van der Waals surface area contributed by atoms with Crippen molar-refractivity contribution in [3.63, 3.8) is 0 Å². The van der Waals surface area contributed by atoms with Crippen LogP contribution >= 0.6 is 11.6 Å². The number of nitrogens with one attached hydrogen (secondary N) is 1. The van der Waals surface area contributed by atoms with Gasteiger partial charge < -0.3 is 5.32 Å². The first-order chi connectivity index (χ1) is 10.3. The highest BCUT2D eigenvalue weighted by Crippen LogP contribution is 2.46. The lowest BCUT2D eigenvalue weighted by atomic mass is 9.65. The highest BCUT2D eigenvalue weighted by atomic mass is 35.5. The van der Waals surface area contributed by atoms with Crippen molar-refractivity contribution >= 4 is 11.6 Å². The van der Waals surface area contributed by atoms with Crippen molar-refractivity contribution in [2.75, 3.05) is 6.54 Å². The minimum Gasteiger partial charge on any atom is -0.310 e. The molecule has 2 aliphatic rings. The molecule has 2 aliphatic carbocycles. The highest BCUT2D eigenvalue weighted by Gasteiger charge is 2.36. The van der Waals surface area contributed by atoms with E-state index in [2.05, 4.69) is 24.4 Å². The van der Waals surface area contributed by atoms with Gasteiger partial charge in [-0.1, -0.05) is 62.4 Å². The molecule has 4 unspecified atom stereocenters. The maximum atomic E-state index is 6.47. The molecule has 0 spiro atoms. The van der Waals surface area contributed by atoms with E-state index in [0.717, 1.165) is 29.3 Å². The summed E-state index contributed by atoms with van der Waals surface area (Å²) in [6, 6.07) is 8.84. The SMILES string of the molecule is CCNC(c1ccccc1Cl)C1CCC2CCCCC2C1. The molecule has 1 nitrogen and oxygen atoms in total. The summed E-state index contributed by atoms with van der Waals surface area (Å²) >= 11 is 6.47. The molecular weight excluding hydrogens is 278 g/mol. The Morgan fingerprint density at radius 3 is 2.62 bits per heavy atom. The van der Waals surface area contributed by atoms with Crippen molar-refractivity contribution in [2.45, 2.75) is 57.9 Å². The molecule has 0 heterocycles. The third kappa shape index (κ3) is 3.46. The molecule has 1 N–H and O–H groups in total. The van der Waals surface area contributed by atoms with Gasteiger partial charge in [0.25, 0.3) is 0 Å². The van der Waals surface area contributed by atoms with E-state index < -0.39 is 0 Å². The van der Waals surface area contributed by atoms with Crippen molar-refractivity contribution in [3.05, 3.63) is 34.9 Å². The van der Waals surface area contributed by atoms with Gasteiger partial charge in [-0.3, -0.25) is 0 Å². The lowest BCUT2D eigenvalue weighted by Crippen LogP contribution is -2.35. The lowest BCUT2D eigenvalue weighted by Gasteiger charge is -2.42. The molecule has 4 atom stereocenters. The summed E-state index contributed by atoms with van der Waals surface area (Å²) in [5, 5.41) is 4.65. The number of rotatable bonds is 4. The quantitative estimate of drug-likeness (QED) is 0.763.